The van der Waals surface area contributed by atoms with Crippen molar-refractivity contribution >= 4 is 9.84 Å². The van der Waals surface area contributed by atoms with E-state index in [9.17, 15) is 8.42 Å². The quantitative estimate of drug-likeness (QED) is 0.744. The second-order valence-corrected chi connectivity index (χ2v) is 6.90. The summed E-state index contributed by atoms with van der Waals surface area (Å²) in [5, 5.41) is 3.39. The summed E-state index contributed by atoms with van der Waals surface area (Å²) < 4.78 is 27.5. The van der Waals surface area contributed by atoms with Crippen molar-refractivity contribution in [3.8, 4) is 5.75 Å². The number of benzene rings is 1. The first-order chi connectivity index (χ1) is 8.98. The van der Waals surface area contributed by atoms with Crippen LogP contribution in [0.5, 0.6) is 5.75 Å². The van der Waals surface area contributed by atoms with Gasteiger partial charge in [0, 0.05) is 17.9 Å². The average molecular weight is 285 g/mol. The molecule has 1 rings (SSSR count). The molecule has 0 spiro atoms. The molecule has 19 heavy (non-hydrogen) atoms. The van der Waals surface area contributed by atoms with E-state index < -0.39 is 9.84 Å². The van der Waals surface area contributed by atoms with Gasteiger partial charge in [0.2, 0.25) is 0 Å². The Morgan fingerprint density at radius 3 is 2.58 bits per heavy atom. The van der Waals surface area contributed by atoms with Gasteiger partial charge in [0.15, 0.2) is 0 Å². The number of sulfone groups is 1. The minimum absolute atomic E-state index is 0.190. The van der Waals surface area contributed by atoms with Crippen molar-refractivity contribution in [3.63, 3.8) is 0 Å². The van der Waals surface area contributed by atoms with Crippen LogP contribution >= 0.6 is 0 Å². The van der Waals surface area contributed by atoms with Crippen molar-refractivity contribution in [3.05, 3.63) is 29.8 Å². The molecule has 0 aliphatic carbocycles. The number of hydrogen-bond donors (Lipinski definition) is 1. The third-order valence-electron chi connectivity index (χ3n) is 3.01. The molecule has 0 fully saturated rings. The summed E-state index contributed by atoms with van der Waals surface area (Å²) in [6, 6.07) is 8.10. The number of ether oxygens (including phenoxy) is 1. The summed E-state index contributed by atoms with van der Waals surface area (Å²) in [4.78, 5) is 0. The van der Waals surface area contributed by atoms with E-state index in [4.69, 9.17) is 4.74 Å². The van der Waals surface area contributed by atoms with Crippen LogP contribution in [0.1, 0.15) is 31.4 Å². The van der Waals surface area contributed by atoms with Gasteiger partial charge in [-0.3, -0.25) is 0 Å². The number of hydrogen-bond acceptors (Lipinski definition) is 4. The molecule has 1 atom stereocenters. The van der Waals surface area contributed by atoms with E-state index in [1.54, 1.807) is 7.11 Å². The van der Waals surface area contributed by atoms with Gasteiger partial charge in [-0.2, -0.15) is 0 Å². The van der Waals surface area contributed by atoms with Crippen LogP contribution in [0.15, 0.2) is 24.3 Å². The van der Waals surface area contributed by atoms with Crippen LogP contribution in [0.25, 0.3) is 0 Å². The highest BCUT2D eigenvalue weighted by Gasteiger charge is 2.13. The zero-order valence-electron chi connectivity index (χ0n) is 11.8. The average Bonchev–Trinajstić information content (AvgIpc) is 2.38. The maximum absolute atomic E-state index is 11.1. The fourth-order valence-electron chi connectivity index (χ4n) is 2.04. The fraction of sp³-hybridized carbons (Fsp3) is 0.571. The smallest absolute Gasteiger partial charge is 0.147 e. The van der Waals surface area contributed by atoms with Gasteiger partial charge in [-0.1, -0.05) is 25.1 Å². The Morgan fingerprint density at radius 1 is 1.32 bits per heavy atom. The van der Waals surface area contributed by atoms with Gasteiger partial charge in [0.1, 0.15) is 15.6 Å². The first kappa shape index (κ1) is 16.0. The lowest BCUT2D eigenvalue weighted by Gasteiger charge is -2.19. The molecule has 0 aromatic heterocycles. The minimum atomic E-state index is -2.87. The maximum Gasteiger partial charge on any atom is 0.147 e. The highest BCUT2D eigenvalue weighted by atomic mass is 32.2. The van der Waals surface area contributed by atoms with Gasteiger partial charge >= 0.3 is 0 Å². The summed E-state index contributed by atoms with van der Waals surface area (Å²) in [7, 11) is -1.21. The summed E-state index contributed by atoms with van der Waals surface area (Å²) >= 11 is 0. The number of methoxy groups -OCH3 is 1. The Bertz CT molecular complexity index is 485. The molecule has 1 N–H and O–H groups in total. The van der Waals surface area contributed by atoms with Crippen molar-refractivity contribution in [2.75, 3.05) is 25.7 Å². The maximum atomic E-state index is 11.1. The standard InChI is InChI=1S/C14H23NO3S/c1-4-13(15-10-7-11-19(3,16)17)12-8-5-6-9-14(12)18-2/h5-6,8-9,13,15H,4,7,10-11H2,1-3H3. The lowest BCUT2D eigenvalue weighted by atomic mass is 10.0. The molecule has 5 heteroatoms. The lowest BCUT2D eigenvalue weighted by molar-refractivity contribution is 0.397. The van der Waals surface area contributed by atoms with Crippen molar-refractivity contribution in [1.82, 2.24) is 5.32 Å². The molecule has 1 aromatic rings. The zero-order chi connectivity index (χ0) is 14.3. The van der Waals surface area contributed by atoms with Gasteiger partial charge in [-0.15, -0.1) is 0 Å². The van der Waals surface area contributed by atoms with Crippen LogP contribution in [-0.2, 0) is 9.84 Å². The second kappa shape index (κ2) is 7.50. The Balaban J connectivity index is 2.58. The molecule has 4 nitrogen and oxygen atoms in total. The van der Waals surface area contributed by atoms with Crippen molar-refractivity contribution in [2.24, 2.45) is 0 Å². The molecule has 0 aliphatic heterocycles. The van der Waals surface area contributed by atoms with Gasteiger partial charge in [0.05, 0.1) is 12.9 Å². The van der Waals surface area contributed by atoms with Crippen LogP contribution in [0.3, 0.4) is 0 Å². The van der Waals surface area contributed by atoms with Gasteiger partial charge in [-0.05, 0) is 25.5 Å². The molecule has 0 bridgehead atoms. The van der Waals surface area contributed by atoms with Crippen molar-refractivity contribution in [1.29, 1.82) is 0 Å². The summed E-state index contributed by atoms with van der Waals surface area (Å²) in [6.45, 7) is 2.78. The largest absolute Gasteiger partial charge is 0.496 e. The highest BCUT2D eigenvalue weighted by molar-refractivity contribution is 7.90. The molecule has 0 heterocycles. The third-order valence-corrected chi connectivity index (χ3v) is 4.04. The number of rotatable bonds is 8. The van der Waals surface area contributed by atoms with Crippen molar-refractivity contribution < 1.29 is 13.2 Å². The third kappa shape index (κ3) is 5.61. The highest BCUT2D eigenvalue weighted by Crippen LogP contribution is 2.26. The first-order valence-corrected chi connectivity index (χ1v) is 8.58. The molecule has 0 saturated carbocycles. The monoisotopic (exact) mass is 285 g/mol. The van der Waals surface area contributed by atoms with E-state index in [0.717, 1.165) is 17.7 Å². The van der Waals surface area contributed by atoms with Crippen LogP contribution in [0.2, 0.25) is 0 Å². The van der Waals surface area contributed by atoms with E-state index in [0.29, 0.717) is 13.0 Å². The predicted octanol–water partition coefficient (Wildman–Crippen LogP) is 2.17. The molecule has 0 saturated heterocycles. The normalized spacial score (nSPS) is 13.2. The van der Waals surface area contributed by atoms with Crippen molar-refractivity contribution in [2.45, 2.75) is 25.8 Å². The minimum Gasteiger partial charge on any atom is -0.496 e. The molecule has 1 unspecified atom stereocenters. The molecule has 108 valence electrons. The van der Waals surface area contributed by atoms with Crippen LogP contribution in [0.4, 0.5) is 0 Å². The van der Waals surface area contributed by atoms with Gasteiger partial charge in [0.25, 0.3) is 0 Å². The Kier molecular flexibility index (Phi) is 6.31. The summed E-state index contributed by atoms with van der Waals surface area (Å²) in [5.74, 6) is 1.09. The van der Waals surface area contributed by atoms with E-state index >= 15 is 0 Å². The summed E-state index contributed by atoms with van der Waals surface area (Å²) in [5.41, 5.74) is 1.12. The van der Waals surface area contributed by atoms with Gasteiger partial charge < -0.3 is 10.1 Å². The lowest BCUT2D eigenvalue weighted by Crippen LogP contribution is -2.24. The fourth-order valence-corrected chi connectivity index (χ4v) is 2.71. The Morgan fingerprint density at radius 2 is 2.00 bits per heavy atom. The molecular weight excluding hydrogens is 262 g/mol. The second-order valence-electron chi connectivity index (χ2n) is 4.64. The first-order valence-electron chi connectivity index (χ1n) is 6.52. The predicted molar refractivity (Wildman–Crippen MR) is 78.4 cm³/mol. The van der Waals surface area contributed by atoms with Crippen LogP contribution in [-0.4, -0.2) is 34.1 Å². The van der Waals surface area contributed by atoms with Crippen LogP contribution < -0.4 is 10.1 Å². The van der Waals surface area contributed by atoms with E-state index in [-0.39, 0.29) is 11.8 Å². The molecule has 0 radical (unpaired) electrons. The summed E-state index contributed by atoms with van der Waals surface area (Å²) in [6.07, 6.45) is 2.83. The SMILES string of the molecule is CCC(NCCCS(C)(=O)=O)c1ccccc1OC. The van der Waals surface area contributed by atoms with Crippen LogP contribution in [0, 0.1) is 0 Å². The van der Waals surface area contributed by atoms with E-state index in [1.165, 1.54) is 6.26 Å². The number of para-hydroxylation sites is 1. The molecule has 0 aliphatic rings. The number of nitrogens with one attached hydrogen (secondary N) is 1. The topological polar surface area (TPSA) is 55.4 Å². The Hall–Kier alpha value is -1.07. The van der Waals surface area contributed by atoms with Gasteiger partial charge in [-0.25, -0.2) is 8.42 Å². The molecule has 0 amide bonds. The van der Waals surface area contributed by atoms with E-state index in [2.05, 4.69) is 12.2 Å². The molecule has 1 aromatic carbocycles. The zero-order valence-corrected chi connectivity index (χ0v) is 12.7. The molecular formula is C14H23NO3S. The Labute approximate surface area is 116 Å². The van der Waals surface area contributed by atoms with E-state index in [1.807, 2.05) is 24.3 Å².